The molecule has 2 atom stereocenters. The Morgan fingerprint density at radius 3 is 1.95 bits per heavy atom. The van der Waals surface area contributed by atoms with Gasteiger partial charge in [-0.15, -0.1) is 0 Å². The fraction of sp³-hybridized carbons (Fsp3) is 0.667. The summed E-state index contributed by atoms with van der Waals surface area (Å²) in [7, 11) is -1.51. The van der Waals surface area contributed by atoms with Gasteiger partial charge in [-0.3, -0.25) is 0 Å². The molecule has 2 nitrogen and oxygen atoms in total. The van der Waals surface area contributed by atoms with Crippen molar-refractivity contribution in [2.24, 2.45) is 0 Å². The fourth-order valence-corrected chi connectivity index (χ4v) is 7.66. The van der Waals surface area contributed by atoms with Crippen LogP contribution >= 0.6 is 0 Å². The quantitative estimate of drug-likeness (QED) is 0.777. The summed E-state index contributed by atoms with van der Waals surface area (Å²) in [4.78, 5) is 0. The third-order valence-electron chi connectivity index (χ3n) is 6.39. The van der Waals surface area contributed by atoms with E-state index in [1.54, 1.807) is 5.19 Å². The molecule has 1 heterocycles. The van der Waals surface area contributed by atoms with E-state index in [0.717, 1.165) is 5.54 Å². The third-order valence-corrected chi connectivity index (χ3v) is 10.8. The first-order valence-electron chi connectivity index (χ1n) is 8.56. The molecule has 22 heavy (non-hydrogen) atoms. The Balaban J connectivity index is 1.78. The van der Waals surface area contributed by atoms with Gasteiger partial charge >= 0.3 is 7.12 Å². The van der Waals surface area contributed by atoms with Crippen molar-refractivity contribution >= 4 is 20.4 Å². The van der Waals surface area contributed by atoms with Crippen LogP contribution < -0.4 is 5.19 Å². The monoisotopic (exact) mass is 316 g/mol. The van der Waals surface area contributed by atoms with Gasteiger partial charge in [0, 0.05) is 0 Å². The summed E-state index contributed by atoms with van der Waals surface area (Å²) in [5.74, 6) is 0.558. The summed E-state index contributed by atoms with van der Waals surface area (Å²) in [6.07, 6.45) is 2.56. The summed E-state index contributed by atoms with van der Waals surface area (Å²) >= 11 is 0. The normalized spacial score (nSPS) is 30.2. The van der Waals surface area contributed by atoms with E-state index in [1.165, 1.54) is 12.8 Å². The lowest BCUT2D eigenvalue weighted by Crippen LogP contribution is -2.53. The molecule has 0 amide bonds. The highest BCUT2D eigenvalue weighted by Crippen LogP contribution is 2.55. The van der Waals surface area contributed by atoms with Gasteiger partial charge in [-0.2, -0.15) is 0 Å². The van der Waals surface area contributed by atoms with E-state index in [0.29, 0.717) is 5.82 Å². The maximum absolute atomic E-state index is 6.33. The van der Waals surface area contributed by atoms with Gasteiger partial charge in [0.05, 0.1) is 19.3 Å². The van der Waals surface area contributed by atoms with E-state index in [9.17, 15) is 0 Å². The zero-order chi connectivity index (χ0) is 16.2. The van der Waals surface area contributed by atoms with E-state index >= 15 is 0 Å². The number of benzene rings is 1. The molecule has 1 aliphatic heterocycles. The SMILES string of the molecule is CC1(C)OB([C@@H]2CCC2[Si](C)(C)c2ccccc2)OC1(C)C. The highest BCUT2D eigenvalue weighted by atomic mass is 28.3. The molecule has 0 aromatic heterocycles. The van der Waals surface area contributed by atoms with Crippen LogP contribution in [0.1, 0.15) is 40.5 Å². The average molecular weight is 316 g/mol. The van der Waals surface area contributed by atoms with Crippen molar-refractivity contribution in [3.8, 4) is 0 Å². The maximum Gasteiger partial charge on any atom is 0.461 e. The molecule has 1 saturated carbocycles. The van der Waals surface area contributed by atoms with Crippen LogP contribution in [0.2, 0.25) is 24.5 Å². The van der Waals surface area contributed by atoms with Gasteiger partial charge in [0.25, 0.3) is 0 Å². The van der Waals surface area contributed by atoms with Gasteiger partial charge in [-0.25, -0.2) is 0 Å². The van der Waals surface area contributed by atoms with Crippen molar-refractivity contribution in [3.63, 3.8) is 0 Å². The molecule has 120 valence electrons. The van der Waals surface area contributed by atoms with Crippen LogP contribution in [-0.2, 0) is 9.31 Å². The summed E-state index contributed by atoms with van der Waals surface area (Å²) in [6, 6.07) is 11.1. The topological polar surface area (TPSA) is 18.5 Å². The minimum Gasteiger partial charge on any atom is -0.403 e. The summed E-state index contributed by atoms with van der Waals surface area (Å²) < 4.78 is 12.7. The summed E-state index contributed by atoms with van der Waals surface area (Å²) in [5, 5.41) is 1.56. The van der Waals surface area contributed by atoms with Crippen LogP contribution in [0.3, 0.4) is 0 Å². The zero-order valence-electron chi connectivity index (χ0n) is 14.8. The van der Waals surface area contributed by atoms with Gasteiger partial charge in [-0.05, 0) is 39.1 Å². The van der Waals surface area contributed by atoms with Crippen LogP contribution in [0, 0.1) is 0 Å². The van der Waals surface area contributed by atoms with Crippen molar-refractivity contribution in [2.75, 3.05) is 0 Å². The molecule has 3 rings (SSSR count). The van der Waals surface area contributed by atoms with Crippen LogP contribution in [0.15, 0.2) is 30.3 Å². The molecule has 1 saturated heterocycles. The highest BCUT2D eigenvalue weighted by molar-refractivity contribution is 6.92. The molecule has 2 aliphatic rings. The molecule has 0 N–H and O–H groups in total. The largest absolute Gasteiger partial charge is 0.461 e. The number of rotatable bonds is 3. The van der Waals surface area contributed by atoms with E-state index in [2.05, 4.69) is 71.1 Å². The Hall–Kier alpha value is -0.578. The molecule has 0 bridgehead atoms. The Morgan fingerprint density at radius 1 is 0.955 bits per heavy atom. The molecule has 1 aliphatic carbocycles. The molecular weight excluding hydrogens is 287 g/mol. The van der Waals surface area contributed by atoms with Crippen molar-refractivity contribution in [3.05, 3.63) is 30.3 Å². The van der Waals surface area contributed by atoms with Gasteiger partial charge in [-0.1, -0.05) is 61.5 Å². The van der Waals surface area contributed by atoms with Crippen LogP contribution in [-0.4, -0.2) is 26.4 Å². The maximum atomic E-state index is 6.33. The highest BCUT2D eigenvalue weighted by Gasteiger charge is 2.59. The predicted molar refractivity (Wildman–Crippen MR) is 96.4 cm³/mol. The van der Waals surface area contributed by atoms with E-state index in [1.807, 2.05) is 0 Å². The minimum atomic E-state index is -1.48. The lowest BCUT2D eigenvalue weighted by Gasteiger charge is -2.46. The van der Waals surface area contributed by atoms with Crippen LogP contribution in [0.5, 0.6) is 0 Å². The Bertz CT molecular complexity index is 525. The lowest BCUT2D eigenvalue weighted by atomic mass is 9.60. The number of hydrogen-bond acceptors (Lipinski definition) is 2. The fourth-order valence-electron chi connectivity index (χ4n) is 3.89. The van der Waals surface area contributed by atoms with Crippen molar-refractivity contribution in [2.45, 2.75) is 76.2 Å². The van der Waals surface area contributed by atoms with Crippen LogP contribution in [0.4, 0.5) is 0 Å². The Kier molecular flexibility index (Phi) is 3.86. The Labute approximate surface area is 136 Å². The van der Waals surface area contributed by atoms with Crippen molar-refractivity contribution < 1.29 is 9.31 Å². The summed E-state index contributed by atoms with van der Waals surface area (Å²) in [5.41, 5.74) is 0.330. The molecule has 1 aromatic rings. The zero-order valence-corrected chi connectivity index (χ0v) is 15.8. The first kappa shape index (κ1) is 16.3. The Morgan fingerprint density at radius 2 is 1.50 bits per heavy atom. The van der Waals surface area contributed by atoms with Gasteiger partial charge in [0.2, 0.25) is 0 Å². The van der Waals surface area contributed by atoms with Gasteiger partial charge < -0.3 is 9.31 Å². The molecule has 2 fully saturated rings. The van der Waals surface area contributed by atoms with E-state index in [-0.39, 0.29) is 18.3 Å². The second-order valence-electron chi connectivity index (χ2n) is 8.56. The molecule has 1 unspecified atom stereocenters. The first-order valence-corrected chi connectivity index (χ1v) is 11.6. The lowest BCUT2D eigenvalue weighted by molar-refractivity contribution is 0.00578. The first-order chi connectivity index (χ1) is 10.2. The van der Waals surface area contributed by atoms with Crippen molar-refractivity contribution in [1.29, 1.82) is 0 Å². The second-order valence-corrected chi connectivity index (χ2v) is 13.3. The molecule has 0 spiro atoms. The van der Waals surface area contributed by atoms with Crippen molar-refractivity contribution in [1.82, 2.24) is 0 Å². The smallest absolute Gasteiger partial charge is 0.403 e. The minimum absolute atomic E-state index is 0.0285. The van der Waals surface area contributed by atoms with Crippen LogP contribution in [0.25, 0.3) is 0 Å². The summed E-state index contributed by atoms with van der Waals surface area (Å²) in [6.45, 7) is 13.6. The standard InChI is InChI=1S/C18H29BO2Si/c1-17(2)18(3,4)21-19(20-17)15-12-13-16(15)22(5,6)14-10-8-7-9-11-14/h7-11,15-16H,12-13H2,1-6H3/t15-,16?/m1/s1. The molecular formula is C18H29BO2Si. The number of hydrogen-bond donors (Lipinski definition) is 0. The molecule has 1 aromatic carbocycles. The molecule has 0 radical (unpaired) electrons. The predicted octanol–water partition coefficient (Wildman–Crippen LogP) is 4.23. The average Bonchev–Trinajstić information content (AvgIpc) is 2.57. The van der Waals surface area contributed by atoms with E-state index < -0.39 is 8.07 Å². The third kappa shape index (κ3) is 2.49. The molecule has 4 heteroatoms. The van der Waals surface area contributed by atoms with Gasteiger partial charge in [0.1, 0.15) is 0 Å². The second kappa shape index (κ2) is 5.22. The van der Waals surface area contributed by atoms with Gasteiger partial charge in [0.15, 0.2) is 0 Å². The van der Waals surface area contributed by atoms with E-state index in [4.69, 9.17) is 9.31 Å².